The molecule has 2 bridgehead atoms. The van der Waals surface area contributed by atoms with Crippen LogP contribution in [0, 0.1) is 18.8 Å². The van der Waals surface area contributed by atoms with Gasteiger partial charge in [-0.15, -0.1) is 0 Å². The minimum absolute atomic E-state index is 0. The largest absolute Gasteiger partial charge is 0.381 e. The van der Waals surface area contributed by atoms with Crippen LogP contribution < -0.4 is 10.6 Å². The Morgan fingerprint density at radius 2 is 1.93 bits per heavy atom. The number of aryl methyl sites for hydroxylation is 1. The molecule has 168 valence electrons. The zero-order valence-corrected chi connectivity index (χ0v) is 19.4. The van der Waals surface area contributed by atoms with Gasteiger partial charge in [-0.3, -0.25) is 4.79 Å². The van der Waals surface area contributed by atoms with Gasteiger partial charge in [-0.1, -0.05) is 50.8 Å². The average molecular weight is 435 g/mol. The first-order valence-corrected chi connectivity index (χ1v) is 11.8. The lowest BCUT2D eigenvalue weighted by molar-refractivity contribution is 0.0681. The molecule has 2 aliphatic rings. The van der Waals surface area contributed by atoms with Gasteiger partial charge in [-0.25, -0.2) is 0 Å². The second-order valence-corrected chi connectivity index (χ2v) is 9.43. The van der Waals surface area contributed by atoms with Crippen molar-refractivity contribution in [3.8, 4) is 0 Å². The molecule has 2 fully saturated rings. The van der Waals surface area contributed by atoms with Gasteiger partial charge in [0.15, 0.2) is 0 Å². The first-order chi connectivity index (χ1) is 14.1. The van der Waals surface area contributed by atoms with Crippen LogP contribution in [0.1, 0.15) is 73.7 Å². The lowest BCUT2D eigenvalue weighted by atomic mass is 9.62. The first kappa shape index (κ1) is 25.2. The summed E-state index contributed by atoms with van der Waals surface area (Å²) >= 11 is 6.36. The molecule has 5 heteroatoms. The van der Waals surface area contributed by atoms with E-state index in [4.69, 9.17) is 16.3 Å². The number of hydrogen-bond donors (Lipinski definition) is 2. The van der Waals surface area contributed by atoms with E-state index < -0.39 is 0 Å². The summed E-state index contributed by atoms with van der Waals surface area (Å²) in [6, 6.07) is 5.83. The van der Waals surface area contributed by atoms with E-state index in [1.807, 2.05) is 25.2 Å². The van der Waals surface area contributed by atoms with Crippen molar-refractivity contribution in [1.29, 1.82) is 0 Å². The first-order valence-electron chi connectivity index (χ1n) is 11.4. The normalized spacial score (nSPS) is 22.9. The Kier molecular flexibility index (Phi) is 10.6. The van der Waals surface area contributed by atoms with Crippen molar-refractivity contribution in [2.45, 2.75) is 64.2 Å². The summed E-state index contributed by atoms with van der Waals surface area (Å²) < 4.78 is 5.66. The zero-order chi connectivity index (χ0) is 20.5. The molecule has 4 nitrogen and oxygen atoms in total. The van der Waals surface area contributed by atoms with Gasteiger partial charge in [0.25, 0.3) is 5.91 Å². The lowest BCUT2D eigenvalue weighted by Gasteiger charge is -2.45. The van der Waals surface area contributed by atoms with Gasteiger partial charge in [-0.05, 0) is 81.1 Å². The van der Waals surface area contributed by atoms with Gasteiger partial charge in [-0.2, -0.15) is 0 Å². The number of nitrogens with one attached hydrogen (secondary N) is 2. The van der Waals surface area contributed by atoms with Crippen LogP contribution in [0.4, 0.5) is 0 Å². The average Bonchev–Trinajstić information content (AvgIpc) is 2.72. The van der Waals surface area contributed by atoms with Gasteiger partial charge in [0, 0.05) is 19.8 Å². The van der Waals surface area contributed by atoms with Crippen LogP contribution in [0.15, 0.2) is 18.2 Å². The number of carbonyl (C=O) groups is 1. The number of carbonyl (C=O) groups excluding carboxylic acids is 1. The monoisotopic (exact) mass is 434 g/mol. The van der Waals surface area contributed by atoms with Crippen molar-refractivity contribution in [1.82, 2.24) is 10.6 Å². The molecule has 0 atom stereocenters. The van der Waals surface area contributed by atoms with Crippen LogP contribution in [-0.4, -0.2) is 39.3 Å². The fraction of sp³-hybridized carbons (Fsp3) is 0.680. The third-order valence-electron chi connectivity index (χ3n) is 6.73. The number of rotatable bonds is 11. The third-order valence-corrected chi connectivity index (χ3v) is 7.06. The van der Waals surface area contributed by atoms with Gasteiger partial charge in [0.05, 0.1) is 10.6 Å². The van der Waals surface area contributed by atoms with Gasteiger partial charge >= 0.3 is 0 Å². The number of halogens is 1. The second-order valence-electron chi connectivity index (χ2n) is 9.02. The minimum Gasteiger partial charge on any atom is -0.381 e. The van der Waals surface area contributed by atoms with Crippen molar-refractivity contribution < 1.29 is 9.53 Å². The maximum Gasteiger partial charge on any atom is 0.252 e. The lowest BCUT2D eigenvalue weighted by Crippen LogP contribution is -2.43. The summed E-state index contributed by atoms with van der Waals surface area (Å²) in [5, 5.41) is 6.88. The van der Waals surface area contributed by atoms with Crippen LogP contribution in [-0.2, 0) is 11.2 Å². The summed E-state index contributed by atoms with van der Waals surface area (Å²) in [5.74, 6) is 0.851. The Balaban J connectivity index is 0.00000320. The fourth-order valence-corrected chi connectivity index (χ4v) is 5.37. The predicted octanol–water partition coefficient (Wildman–Crippen LogP) is 5.32. The maximum atomic E-state index is 12.9. The Hall–Kier alpha value is -1.10. The van der Waals surface area contributed by atoms with Gasteiger partial charge < -0.3 is 15.4 Å². The van der Waals surface area contributed by atoms with Gasteiger partial charge in [0.2, 0.25) is 0 Å². The quantitative estimate of drug-likeness (QED) is 0.463. The Labute approximate surface area is 188 Å². The van der Waals surface area contributed by atoms with E-state index in [1.165, 1.54) is 44.9 Å². The van der Waals surface area contributed by atoms with Crippen LogP contribution in [0.25, 0.3) is 0 Å². The van der Waals surface area contributed by atoms with Crippen molar-refractivity contribution in [2.24, 2.45) is 11.3 Å². The molecule has 0 spiro atoms. The summed E-state index contributed by atoms with van der Waals surface area (Å²) in [6.07, 6.45) is 12.1. The van der Waals surface area contributed by atoms with E-state index in [9.17, 15) is 4.79 Å². The molecule has 1 amide bonds. The van der Waals surface area contributed by atoms with Crippen molar-refractivity contribution in [3.05, 3.63) is 41.8 Å². The highest BCUT2D eigenvalue weighted by molar-refractivity contribution is 6.33. The minimum atomic E-state index is -0.0257. The highest BCUT2D eigenvalue weighted by Crippen LogP contribution is 2.48. The number of fused-ring (bicyclic) bond motifs is 2. The molecule has 0 unspecified atom stereocenters. The van der Waals surface area contributed by atoms with E-state index in [-0.39, 0.29) is 13.3 Å². The SMILES string of the molecule is CNCCCOCCCc1ccc(Cl)c(C(=O)NCC23CCCC(CCC2)C3)c1.[CH2]. The van der Waals surface area contributed by atoms with Crippen molar-refractivity contribution in [2.75, 3.05) is 33.4 Å². The highest BCUT2D eigenvalue weighted by atomic mass is 35.5. The van der Waals surface area contributed by atoms with E-state index in [1.54, 1.807) is 0 Å². The molecule has 2 N–H and O–H groups in total. The second kappa shape index (κ2) is 12.7. The zero-order valence-electron chi connectivity index (χ0n) is 18.6. The molecular formula is C25H39ClN2O2. The molecule has 2 radical (unpaired) electrons. The third kappa shape index (κ3) is 7.25. The maximum absolute atomic E-state index is 12.9. The summed E-state index contributed by atoms with van der Waals surface area (Å²) in [5.41, 5.74) is 2.08. The smallest absolute Gasteiger partial charge is 0.252 e. The molecule has 0 aliphatic heterocycles. The standard InChI is InChI=1S/C24H37ClN2O2.CH2/c1-26-13-5-15-29-14-4-8-19-9-10-22(25)21(16-19)23(28)27-18-24-11-2-6-20(17-24)7-3-12-24;/h9-10,16,20,26H,2-8,11-15,17-18H2,1H3,(H,27,28);1H2. The Morgan fingerprint density at radius 3 is 2.67 bits per heavy atom. The number of amides is 1. The summed E-state index contributed by atoms with van der Waals surface area (Å²) in [4.78, 5) is 12.9. The molecule has 0 saturated heterocycles. The molecule has 3 rings (SSSR count). The topological polar surface area (TPSA) is 50.4 Å². The molecule has 30 heavy (non-hydrogen) atoms. The summed E-state index contributed by atoms with van der Waals surface area (Å²) in [6.45, 7) is 3.32. The van der Waals surface area contributed by atoms with Crippen LogP contribution in [0.5, 0.6) is 0 Å². The van der Waals surface area contributed by atoms with E-state index in [0.717, 1.165) is 57.0 Å². The number of benzene rings is 1. The molecule has 2 aliphatic carbocycles. The molecular weight excluding hydrogens is 396 g/mol. The molecule has 1 aromatic carbocycles. The molecule has 1 aromatic rings. The van der Waals surface area contributed by atoms with E-state index >= 15 is 0 Å². The van der Waals surface area contributed by atoms with Crippen molar-refractivity contribution >= 4 is 17.5 Å². The molecule has 0 heterocycles. The predicted molar refractivity (Wildman–Crippen MR) is 125 cm³/mol. The highest BCUT2D eigenvalue weighted by Gasteiger charge is 2.39. The fourth-order valence-electron chi connectivity index (χ4n) is 5.17. The van der Waals surface area contributed by atoms with Crippen LogP contribution >= 0.6 is 11.6 Å². The van der Waals surface area contributed by atoms with Crippen LogP contribution in [0.2, 0.25) is 5.02 Å². The Bertz CT molecular complexity index is 655. The van der Waals surface area contributed by atoms with Crippen LogP contribution in [0.3, 0.4) is 0 Å². The summed E-state index contributed by atoms with van der Waals surface area (Å²) in [7, 11) is 1.95. The van der Waals surface area contributed by atoms with E-state index in [0.29, 0.717) is 16.0 Å². The number of ether oxygens (including phenoxy) is 1. The molecule has 2 saturated carbocycles. The van der Waals surface area contributed by atoms with Gasteiger partial charge in [0.1, 0.15) is 0 Å². The Morgan fingerprint density at radius 1 is 1.20 bits per heavy atom. The van der Waals surface area contributed by atoms with Crippen molar-refractivity contribution in [3.63, 3.8) is 0 Å². The number of hydrogen-bond acceptors (Lipinski definition) is 3. The molecule has 0 aromatic heterocycles. The van der Waals surface area contributed by atoms with E-state index in [2.05, 4.69) is 10.6 Å².